The number of benzene rings is 1. The third kappa shape index (κ3) is 6.16. The molecule has 1 N–H and O–H groups in total. The maximum atomic E-state index is 4.93. The number of likely N-dealkylation sites (N-methyl/N-ethyl adjacent to an activating group) is 1. The summed E-state index contributed by atoms with van der Waals surface area (Å²) >= 11 is 0. The Balaban J connectivity index is 1.96. The first-order valence-electron chi connectivity index (χ1n) is 11.5. The molecule has 32 heavy (non-hydrogen) atoms. The standard InChI is InChI=1S/C26H38N6/c1-18(2)20-12-14-21(15-13-20)19(3)32-24(16-17-31(7)8)28-25(30-32)22-10-9-11-23(27-22)29-26(4,5)6/h9-15,18-19H,16-17H2,1-8H3,(H,27,29). The second-order valence-corrected chi connectivity index (χ2v) is 10.1. The summed E-state index contributed by atoms with van der Waals surface area (Å²) in [6.45, 7) is 13.9. The van der Waals surface area contributed by atoms with Gasteiger partial charge in [0, 0.05) is 18.5 Å². The molecular formula is C26H38N6. The molecule has 0 aliphatic rings. The Labute approximate surface area is 193 Å². The average Bonchev–Trinajstić information content (AvgIpc) is 3.15. The molecule has 172 valence electrons. The van der Waals surface area contributed by atoms with Crippen LogP contribution in [-0.4, -0.2) is 50.8 Å². The predicted octanol–water partition coefficient (Wildman–Crippen LogP) is 5.39. The van der Waals surface area contributed by atoms with Crippen molar-refractivity contribution in [1.29, 1.82) is 0 Å². The second-order valence-electron chi connectivity index (χ2n) is 10.1. The normalized spacial score (nSPS) is 13.1. The molecule has 0 amide bonds. The number of rotatable bonds is 8. The highest BCUT2D eigenvalue weighted by Gasteiger charge is 2.19. The van der Waals surface area contributed by atoms with E-state index in [0.29, 0.717) is 11.7 Å². The van der Waals surface area contributed by atoms with Crippen LogP contribution in [0.2, 0.25) is 0 Å². The van der Waals surface area contributed by atoms with E-state index < -0.39 is 0 Å². The highest BCUT2D eigenvalue weighted by molar-refractivity contribution is 5.53. The first-order chi connectivity index (χ1) is 15.0. The number of nitrogens with one attached hydrogen (secondary N) is 1. The lowest BCUT2D eigenvalue weighted by Crippen LogP contribution is -2.26. The fraction of sp³-hybridized carbons (Fsp3) is 0.500. The SMILES string of the molecule is CC(C)c1ccc(C(C)n2nc(-c3cccc(NC(C)(C)C)n3)nc2CCN(C)C)cc1. The van der Waals surface area contributed by atoms with E-state index in [2.05, 4.69) is 94.8 Å². The van der Waals surface area contributed by atoms with Crippen molar-refractivity contribution in [2.24, 2.45) is 0 Å². The number of hydrogen-bond donors (Lipinski definition) is 1. The molecule has 0 saturated heterocycles. The van der Waals surface area contributed by atoms with Crippen LogP contribution in [0.4, 0.5) is 5.82 Å². The molecule has 0 bridgehead atoms. The average molecular weight is 435 g/mol. The summed E-state index contributed by atoms with van der Waals surface area (Å²) in [6.07, 6.45) is 0.828. The molecule has 0 aliphatic carbocycles. The van der Waals surface area contributed by atoms with Crippen molar-refractivity contribution in [3.63, 3.8) is 0 Å². The minimum atomic E-state index is -0.0635. The van der Waals surface area contributed by atoms with Gasteiger partial charge >= 0.3 is 0 Å². The summed E-state index contributed by atoms with van der Waals surface area (Å²) in [5, 5.41) is 8.36. The number of anilines is 1. The number of pyridine rings is 1. The van der Waals surface area contributed by atoms with Gasteiger partial charge in [0.15, 0.2) is 5.82 Å². The van der Waals surface area contributed by atoms with Gasteiger partial charge in [-0.15, -0.1) is 5.10 Å². The third-order valence-electron chi connectivity index (χ3n) is 5.42. The lowest BCUT2D eigenvalue weighted by Gasteiger charge is -2.21. The van der Waals surface area contributed by atoms with Gasteiger partial charge in [0.2, 0.25) is 0 Å². The quantitative estimate of drug-likeness (QED) is 0.515. The van der Waals surface area contributed by atoms with Crippen molar-refractivity contribution < 1.29 is 0 Å². The van der Waals surface area contributed by atoms with E-state index in [-0.39, 0.29) is 11.6 Å². The Hall–Kier alpha value is -2.73. The summed E-state index contributed by atoms with van der Waals surface area (Å²) < 4.78 is 2.06. The fourth-order valence-electron chi connectivity index (χ4n) is 3.58. The summed E-state index contributed by atoms with van der Waals surface area (Å²) in [6, 6.07) is 14.9. The maximum Gasteiger partial charge on any atom is 0.200 e. The van der Waals surface area contributed by atoms with E-state index >= 15 is 0 Å². The van der Waals surface area contributed by atoms with E-state index in [9.17, 15) is 0 Å². The molecule has 1 atom stereocenters. The molecule has 0 radical (unpaired) electrons. The second kappa shape index (κ2) is 9.82. The molecule has 0 fully saturated rings. The van der Waals surface area contributed by atoms with Crippen molar-refractivity contribution in [3.05, 3.63) is 59.4 Å². The first-order valence-corrected chi connectivity index (χ1v) is 11.5. The topological polar surface area (TPSA) is 58.9 Å². The number of nitrogens with zero attached hydrogens (tertiary/aromatic N) is 5. The predicted molar refractivity (Wildman–Crippen MR) is 133 cm³/mol. The molecule has 2 aromatic heterocycles. The summed E-state index contributed by atoms with van der Waals surface area (Å²) in [5.74, 6) is 3.00. The highest BCUT2D eigenvalue weighted by Crippen LogP contribution is 2.25. The molecule has 0 saturated carbocycles. The van der Waals surface area contributed by atoms with Crippen LogP contribution < -0.4 is 5.32 Å². The van der Waals surface area contributed by atoms with Gasteiger partial charge in [0.1, 0.15) is 17.3 Å². The molecule has 3 rings (SSSR count). The van der Waals surface area contributed by atoms with Gasteiger partial charge in [-0.2, -0.15) is 0 Å². The minimum Gasteiger partial charge on any atom is -0.365 e. The van der Waals surface area contributed by atoms with E-state index in [1.165, 1.54) is 11.1 Å². The van der Waals surface area contributed by atoms with Crippen LogP contribution in [0.1, 0.15) is 70.5 Å². The summed E-state index contributed by atoms with van der Waals surface area (Å²) in [7, 11) is 4.16. The Bertz CT molecular complexity index is 1010. The van der Waals surface area contributed by atoms with Crippen LogP contribution in [0, 0.1) is 0 Å². The van der Waals surface area contributed by atoms with Gasteiger partial charge in [-0.3, -0.25) is 0 Å². The molecule has 6 nitrogen and oxygen atoms in total. The fourth-order valence-corrected chi connectivity index (χ4v) is 3.58. The largest absolute Gasteiger partial charge is 0.365 e. The zero-order chi connectivity index (χ0) is 23.5. The monoisotopic (exact) mass is 434 g/mol. The van der Waals surface area contributed by atoms with Crippen molar-refractivity contribution in [2.75, 3.05) is 26.0 Å². The Morgan fingerprint density at radius 3 is 2.19 bits per heavy atom. The Kier molecular flexibility index (Phi) is 7.34. The van der Waals surface area contributed by atoms with Gasteiger partial charge in [0.25, 0.3) is 0 Å². The van der Waals surface area contributed by atoms with Gasteiger partial charge in [0.05, 0.1) is 6.04 Å². The van der Waals surface area contributed by atoms with Crippen LogP contribution in [0.5, 0.6) is 0 Å². The zero-order valence-electron chi connectivity index (χ0n) is 20.8. The van der Waals surface area contributed by atoms with Crippen LogP contribution in [0.25, 0.3) is 11.5 Å². The van der Waals surface area contributed by atoms with Gasteiger partial charge in [-0.25, -0.2) is 14.6 Å². The lowest BCUT2D eigenvalue weighted by atomic mass is 9.99. The molecule has 0 spiro atoms. The molecular weight excluding hydrogens is 396 g/mol. The zero-order valence-corrected chi connectivity index (χ0v) is 20.8. The number of hydrogen-bond acceptors (Lipinski definition) is 5. The van der Waals surface area contributed by atoms with E-state index in [1.807, 2.05) is 18.2 Å². The van der Waals surface area contributed by atoms with Crippen molar-refractivity contribution in [2.45, 2.75) is 65.5 Å². The molecule has 1 unspecified atom stereocenters. The number of aromatic nitrogens is 4. The van der Waals surface area contributed by atoms with Crippen molar-refractivity contribution in [1.82, 2.24) is 24.6 Å². The van der Waals surface area contributed by atoms with Crippen LogP contribution in [0.3, 0.4) is 0 Å². The Morgan fingerprint density at radius 2 is 1.59 bits per heavy atom. The summed E-state index contributed by atoms with van der Waals surface area (Å²) in [5.41, 5.74) is 3.30. The van der Waals surface area contributed by atoms with Crippen LogP contribution >= 0.6 is 0 Å². The highest BCUT2D eigenvalue weighted by atomic mass is 15.4. The van der Waals surface area contributed by atoms with Crippen LogP contribution in [0.15, 0.2) is 42.5 Å². The van der Waals surface area contributed by atoms with E-state index in [0.717, 1.165) is 30.3 Å². The minimum absolute atomic E-state index is 0.0635. The molecule has 6 heteroatoms. The summed E-state index contributed by atoms with van der Waals surface area (Å²) in [4.78, 5) is 11.9. The van der Waals surface area contributed by atoms with Gasteiger partial charge < -0.3 is 10.2 Å². The van der Waals surface area contributed by atoms with Crippen molar-refractivity contribution >= 4 is 5.82 Å². The molecule has 1 aromatic carbocycles. The van der Waals surface area contributed by atoms with E-state index in [4.69, 9.17) is 15.1 Å². The third-order valence-corrected chi connectivity index (χ3v) is 5.42. The molecule has 3 aromatic rings. The molecule has 2 heterocycles. The van der Waals surface area contributed by atoms with Crippen molar-refractivity contribution in [3.8, 4) is 11.5 Å². The maximum absolute atomic E-state index is 4.93. The molecule has 0 aliphatic heterocycles. The van der Waals surface area contributed by atoms with E-state index in [1.54, 1.807) is 0 Å². The smallest absolute Gasteiger partial charge is 0.200 e. The Morgan fingerprint density at radius 1 is 0.938 bits per heavy atom. The first kappa shape index (κ1) is 23.9. The van der Waals surface area contributed by atoms with Gasteiger partial charge in [-0.1, -0.05) is 44.2 Å². The van der Waals surface area contributed by atoms with Gasteiger partial charge in [-0.05, 0) is 71.0 Å². The van der Waals surface area contributed by atoms with Crippen LogP contribution in [-0.2, 0) is 6.42 Å². The lowest BCUT2D eigenvalue weighted by molar-refractivity contribution is 0.400.